The topological polar surface area (TPSA) is 98.4 Å². The minimum Gasteiger partial charge on any atom is -0.340 e. The number of hydrogen-bond acceptors (Lipinski definition) is 4. The summed E-state index contributed by atoms with van der Waals surface area (Å²) >= 11 is 0. The van der Waals surface area contributed by atoms with Gasteiger partial charge < -0.3 is 14.8 Å². The number of H-pyrrole nitrogens is 1. The van der Waals surface area contributed by atoms with E-state index in [-0.39, 0.29) is 24.4 Å². The number of hydrogen-bond donors (Lipinski definition) is 2. The van der Waals surface area contributed by atoms with Crippen LogP contribution in [0.2, 0.25) is 0 Å². The first kappa shape index (κ1) is 17.5. The molecule has 8 heteroatoms. The van der Waals surface area contributed by atoms with Crippen LogP contribution in [0.15, 0.2) is 18.2 Å². The first-order chi connectivity index (χ1) is 12.8. The number of nitrogens with zero attached hydrogens (tertiary/aromatic N) is 3. The van der Waals surface area contributed by atoms with E-state index < -0.39 is 11.6 Å². The molecular weight excluding hydrogens is 346 g/mol. The number of carbonyl (C=O) groups excluding carboxylic acids is 3. The molecule has 2 aromatic rings. The van der Waals surface area contributed by atoms with Gasteiger partial charge in [0.05, 0.1) is 17.1 Å². The minimum absolute atomic E-state index is 0.125. The Labute approximate surface area is 156 Å². The van der Waals surface area contributed by atoms with Crippen LogP contribution in [-0.2, 0) is 9.59 Å². The van der Waals surface area contributed by atoms with Gasteiger partial charge in [0.25, 0.3) is 5.91 Å². The zero-order valence-electron chi connectivity index (χ0n) is 15.7. The number of likely N-dealkylation sites (tertiary alicyclic amines) is 1. The number of fused-ring (bicyclic) bond motifs is 1. The van der Waals surface area contributed by atoms with Crippen molar-refractivity contribution in [2.45, 2.75) is 45.2 Å². The second kappa shape index (κ2) is 6.07. The highest BCUT2D eigenvalue weighted by Crippen LogP contribution is 2.32. The van der Waals surface area contributed by atoms with E-state index in [1.807, 2.05) is 25.1 Å². The van der Waals surface area contributed by atoms with Gasteiger partial charge in [0, 0.05) is 6.54 Å². The number of imide groups is 1. The summed E-state index contributed by atoms with van der Waals surface area (Å²) in [7, 11) is 0. The molecule has 1 atom stereocenters. The molecule has 2 saturated heterocycles. The molecule has 27 heavy (non-hydrogen) atoms. The molecule has 0 bridgehead atoms. The van der Waals surface area contributed by atoms with Gasteiger partial charge in [-0.1, -0.05) is 6.07 Å². The molecule has 4 amide bonds. The third kappa shape index (κ3) is 2.85. The summed E-state index contributed by atoms with van der Waals surface area (Å²) in [5.74, 6) is 0.209. The zero-order chi connectivity index (χ0) is 19.3. The first-order valence-corrected chi connectivity index (χ1v) is 9.16. The van der Waals surface area contributed by atoms with Crippen LogP contribution in [0.3, 0.4) is 0 Å². The summed E-state index contributed by atoms with van der Waals surface area (Å²) in [4.78, 5) is 48.0. The maximum absolute atomic E-state index is 12.9. The molecule has 0 radical (unpaired) electrons. The Bertz CT molecular complexity index is 948. The molecule has 142 valence electrons. The lowest BCUT2D eigenvalue weighted by atomic mass is 10.0. The number of nitrogens with one attached hydrogen (secondary N) is 2. The number of aryl methyl sites for hydroxylation is 1. The minimum atomic E-state index is -1.03. The fourth-order valence-corrected chi connectivity index (χ4v) is 3.84. The largest absolute Gasteiger partial charge is 0.340 e. The van der Waals surface area contributed by atoms with Crippen molar-refractivity contribution >= 4 is 28.9 Å². The Hall–Kier alpha value is -2.90. The molecule has 1 aromatic carbocycles. The van der Waals surface area contributed by atoms with Crippen LogP contribution in [0.25, 0.3) is 11.0 Å². The predicted octanol–water partition coefficient (Wildman–Crippen LogP) is 1.87. The van der Waals surface area contributed by atoms with Crippen molar-refractivity contribution < 1.29 is 14.4 Å². The molecular formula is C19H23N5O3. The molecule has 0 saturated carbocycles. The van der Waals surface area contributed by atoms with Crippen molar-refractivity contribution in [2.24, 2.45) is 0 Å². The highest BCUT2D eigenvalue weighted by Gasteiger charge is 2.47. The average molecular weight is 369 g/mol. The Morgan fingerprint density at radius 2 is 2.11 bits per heavy atom. The third-order valence-corrected chi connectivity index (χ3v) is 5.53. The summed E-state index contributed by atoms with van der Waals surface area (Å²) in [6.45, 7) is 5.80. The van der Waals surface area contributed by atoms with E-state index in [1.165, 1.54) is 4.90 Å². The van der Waals surface area contributed by atoms with Gasteiger partial charge in [-0.05, 0) is 51.3 Å². The fraction of sp³-hybridized carbons (Fsp3) is 0.474. The number of imidazole rings is 1. The van der Waals surface area contributed by atoms with Gasteiger partial charge in [0.15, 0.2) is 0 Å². The molecule has 0 aliphatic carbocycles. The van der Waals surface area contributed by atoms with E-state index in [0.717, 1.165) is 35.3 Å². The summed E-state index contributed by atoms with van der Waals surface area (Å²) in [5, 5.41) is 2.28. The van der Waals surface area contributed by atoms with Crippen LogP contribution in [0.4, 0.5) is 4.79 Å². The van der Waals surface area contributed by atoms with Crippen LogP contribution < -0.4 is 5.32 Å². The molecule has 2 fully saturated rings. The Balaban J connectivity index is 1.56. The Morgan fingerprint density at radius 3 is 2.81 bits per heavy atom. The van der Waals surface area contributed by atoms with Crippen LogP contribution in [0, 0.1) is 6.92 Å². The summed E-state index contributed by atoms with van der Waals surface area (Å²) in [5.41, 5.74) is 1.94. The molecule has 8 nitrogen and oxygen atoms in total. The zero-order valence-corrected chi connectivity index (χ0v) is 15.7. The quantitative estimate of drug-likeness (QED) is 0.807. The molecule has 2 aliphatic rings. The smallest absolute Gasteiger partial charge is 0.325 e. The molecule has 2 aliphatic heterocycles. The van der Waals surface area contributed by atoms with Crippen molar-refractivity contribution in [1.82, 2.24) is 25.1 Å². The van der Waals surface area contributed by atoms with Gasteiger partial charge in [0.1, 0.15) is 17.9 Å². The van der Waals surface area contributed by atoms with E-state index in [9.17, 15) is 14.4 Å². The molecule has 4 rings (SSSR count). The second-order valence-electron chi connectivity index (χ2n) is 7.79. The summed E-state index contributed by atoms with van der Waals surface area (Å²) < 4.78 is 0. The molecule has 0 spiro atoms. The van der Waals surface area contributed by atoms with E-state index in [1.54, 1.807) is 18.7 Å². The van der Waals surface area contributed by atoms with Gasteiger partial charge >= 0.3 is 6.03 Å². The van der Waals surface area contributed by atoms with Gasteiger partial charge in [0.2, 0.25) is 5.91 Å². The van der Waals surface area contributed by atoms with E-state index in [4.69, 9.17) is 0 Å². The monoisotopic (exact) mass is 369 g/mol. The number of aromatic amines is 1. The van der Waals surface area contributed by atoms with Crippen molar-refractivity contribution in [1.29, 1.82) is 0 Å². The van der Waals surface area contributed by atoms with E-state index in [2.05, 4.69) is 15.3 Å². The van der Waals surface area contributed by atoms with E-state index >= 15 is 0 Å². The summed E-state index contributed by atoms with van der Waals surface area (Å²) in [6, 6.07) is 5.35. The highest BCUT2D eigenvalue weighted by molar-refractivity contribution is 6.07. The lowest BCUT2D eigenvalue weighted by Crippen LogP contribution is -2.49. The average Bonchev–Trinajstić information content (AvgIpc) is 3.28. The normalized spacial score (nSPS) is 22.0. The number of rotatable bonds is 3. The van der Waals surface area contributed by atoms with Gasteiger partial charge in [-0.15, -0.1) is 0 Å². The number of aromatic nitrogens is 2. The number of benzene rings is 1. The Morgan fingerprint density at radius 1 is 1.33 bits per heavy atom. The third-order valence-electron chi connectivity index (χ3n) is 5.53. The summed E-state index contributed by atoms with van der Waals surface area (Å²) in [6.07, 6.45) is 1.69. The lowest BCUT2D eigenvalue weighted by molar-refractivity contribution is -0.134. The van der Waals surface area contributed by atoms with E-state index in [0.29, 0.717) is 6.54 Å². The predicted molar refractivity (Wildman–Crippen MR) is 98.8 cm³/mol. The fourth-order valence-electron chi connectivity index (χ4n) is 3.84. The number of urea groups is 1. The van der Waals surface area contributed by atoms with Crippen LogP contribution in [-0.4, -0.2) is 56.2 Å². The molecule has 2 N–H and O–H groups in total. The van der Waals surface area contributed by atoms with Gasteiger partial charge in [-0.25, -0.2) is 9.78 Å². The molecule has 3 heterocycles. The maximum atomic E-state index is 12.9. The maximum Gasteiger partial charge on any atom is 0.325 e. The van der Waals surface area contributed by atoms with Crippen LogP contribution >= 0.6 is 0 Å². The number of amides is 4. The van der Waals surface area contributed by atoms with Crippen molar-refractivity contribution in [2.75, 3.05) is 13.1 Å². The number of carbonyl (C=O) groups is 3. The van der Waals surface area contributed by atoms with Crippen LogP contribution in [0.5, 0.6) is 0 Å². The van der Waals surface area contributed by atoms with Gasteiger partial charge in [-0.2, -0.15) is 0 Å². The van der Waals surface area contributed by atoms with Crippen molar-refractivity contribution in [3.05, 3.63) is 29.6 Å². The van der Waals surface area contributed by atoms with Crippen LogP contribution in [0.1, 0.15) is 44.1 Å². The second-order valence-corrected chi connectivity index (χ2v) is 7.79. The van der Waals surface area contributed by atoms with Crippen molar-refractivity contribution in [3.63, 3.8) is 0 Å². The van der Waals surface area contributed by atoms with Gasteiger partial charge in [-0.3, -0.25) is 14.9 Å². The standard InChI is InChI=1S/C19H23N5O3/c1-11-6-7-12-13(9-11)21-16(20-12)14-5-4-8-23(14)15(25)10-24-18(27)22-17(26)19(24,2)3/h6-7,9,14H,4-5,8,10H2,1-3H3,(H,20,21)(H,22,26,27)/t14-/m1/s1. The Kier molecular flexibility index (Phi) is 3.94. The molecule has 1 aromatic heterocycles. The molecule has 0 unspecified atom stereocenters. The lowest BCUT2D eigenvalue weighted by Gasteiger charge is -2.30. The highest BCUT2D eigenvalue weighted by atomic mass is 16.2. The SMILES string of the molecule is Cc1ccc2nc([C@H]3CCCN3C(=O)CN3C(=O)NC(=O)C3(C)C)[nH]c2c1. The van der Waals surface area contributed by atoms with Crippen molar-refractivity contribution in [3.8, 4) is 0 Å². The first-order valence-electron chi connectivity index (χ1n) is 9.16.